The predicted molar refractivity (Wildman–Crippen MR) is 96.1 cm³/mol. The van der Waals surface area contributed by atoms with Crippen LogP contribution in [0.15, 0.2) is 47.4 Å². The minimum absolute atomic E-state index is 0.0664. The Labute approximate surface area is 150 Å². The number of carboxylic acids is 1. The highest BCUT2D eigenvalue weighted by Gasteiger charge is 2.21. The van der Waals surface area contributed by atoms with Gasteiger partial charge in [0.05, 0.1) is 10.5 Å². The Morgan fingerprint density at radius 1 is 1.19 bits per heavy atom. The number of carbonyl (C=O) groups excluding carboxylic acids is 1. The normalized spacial score (nSPS) is 14.2. The van der Waals surface area contributed by atoms with Crippen molar-refractivity contribution in [3.63, 3.8) is 0 Å². The van der Waals surface area contributed by atoms with E-state index in [0.29, 0.717) is 30.0 Å². The van der Waals surface area contributed by atoms with Crippen molar-refractivity contribution >= 4 is 33.4 Å². The number of carbonyl (C=O) groups is 2. The van der Waals surface area contributed by atoms with Gasteiger partial charge in [-0.1, -0.05) is 6.07 Å². The molecule has 1 heterocycles. The number of amides is 2. The van der Waals surface area contributed by atoms with Gasteiger partial charge in [-0.15, -0.1) is 0 Å². The van der Waals surface area contributed by atoms with Crippen LogP contribution in [-0.2, 0) is 10.0 Å². The molecular formula is C17H17N3O5S. The van der Waals surface area contributed by atoms with Crippen molar-refractivity contribution in [2.45, 2.75) is 11.8 Å². The number of urea groups is 1. The number of nitrogens with one attached hydrogen (secondary N) is 2. The van der Waals surface area contributed by atoms with Gasteiger partial charge in [-0.3, -0.25) is 9.62 Å². The van der Waals surface area contributed by atoms with Crippen molar-refractivity contribution < 1.29 is 23.1 Å². The average Bonchev–Trinajstić information content (AvgIpc) is 3.01. The summed E-state index contributed by atoms with van der Waals surface area (Å²) < 4.78 is 27.4. The monoisotopic (exact) mass is 375 g/mol. The lowest BCUT2D eigenvalue weighted by Crippen LogP contribution is -2.27. The van der Waals surface area contributed by atoms with Crippen LogP contribution in [-0.4, -0.2) is 38.6 Å². The van der Waals surface area contributed by atoms with E-state index >= 15 is 0 Å². The van der Waals surface area contributed by atoms with Crippen molar-refractivity contribution in [3.05, 3.63) is 53.6 Å². The quantitative estimate of drug-likeness (QED) is 0.739. The number of hydrogen-bond acceptors (Lipinski definition) is 4. The van der Waals surface area contributed by atoms with E-state index in [2.05, 4.69) is 10.0 Å². The van der Waals surface area contributed by atoms with Gasteiger partial charge >= 0.3 is 12.0 Å². The van der Waals surface area contributed by atoms with E-state index in [4.69, 9.17) is 5.11 Å². The van der Waals surface area contributed by atoms with Crippen molar-refractivity contribution in [2.75, 3.05) is 22.7 Å². The third-order valence-electron chi connectivity index (χ3n) is 4.04. The topological polar surface area (TPSA) is 116 Å². The zero-order valence-electron chi connectivity index (χ0n) is 13.9. The number of aryl methyl sites for hydroxylation is 1. The first kappa shape index (κ1) is 17.7. The van der Waals surface area contributed by atoms with Crippen LogP contribution in [0.1, 0.15) is 15.9 Å². The minimum Gasteiger partial charge on any atom is -0.478 e. The largest absolute Gasteiger partial charge is 0.478 e. The molecule has 9 heteroatoms. The zero-order valence-corrected chi connectivity index (χ0v) is 14.7. The second kappa shape index (κ2) is 6.68. The Morgan fingerprint density at radius 2 is 1.88 bits per heavy atom. The molecule has 2 aromatic carbocycles. The smallest absolute Gasteiger partial charge is 0.335 e. The lowest BCUT2D eigenvalue weighted by atomic mass is 10.1. The summed E-state index contributed by atoms with van der Waals surface area (Å²) in [5.41, 5.74) is 1.38. The summed E-state index contributed by atoms with van der Waals surface area (Å²) in [4.78, 5) is 24.3. The number of aromatic carboxylic acids is 1. The third-order valence-corrected chi connectivity index (χ3v) is 5.42. The van der Waals surface area contributed by atoms with Crippen LogP contribution in [0.4, 0.5) is 16.2 Å². The number of benzene rings is 2. The second-order valence-corrected chi connectivity index (χ2v) is 7.50. The summed E-state index contributed by atoms with van der Waals surface area (Å²) >= 11 is 0. The molecule has 26 heavy (non-hydrogen) atoms. The van der Waals surface area contributed by atoms with Crippen molar-refractivity contribution in [1.29, 1.82) is 0 Å². The fourth-order valence-electron chi connectivity index (χ4n) is 2.64. The maximum Gasteiger partial charge on any atom is 0.335 e. The molecule has 0 aromatic heterocycles. The Kier molecular flexibility index (Phi) is 4.56. The second-order valence-electron chi connectivity index (χ2n) is 5.82. The molecule has 0 atom stereocenters. The molecule has 0 unspecified atom stereocenters. The lowest BCUT2D eigenvalue weighted by molar-refractivity contribution is 0.0696. The maximum atomic E-state index is 12.5. The fourth-order valence-corrected chi connectivity index (χ4v) is 3.72. The van der Waals surface area contributed by atoms with E-state index in [-0.39, 0.29) is 16.5 Å². The van der Waals surface area contributed by atoms with Crippen LogP contribution in [0.5, 0.6) is 0 Å². The Morgan fingerprint density at radius 3 is 2.46 bits per heavy atom. The Bertz CT molecular complexity index is 970. The summed E-state index contributed by atoms with van der Waals surface area (Å²) in [7, 11) is -3.93. The number of sulfonamides is 1. The van der Waals surface area contributed by atoms with E-state index in [0.717, 1.165) is 6.07 Å². The highest BCUT2D eigenvalue weighted by molar-refractivity contribution is 7.92. The van der Waals surface area contributed by atoms with Crippen molar-refractivity contribution in [1.82, 2.24) is 5.32 Å². The van der Waals surface area contributed by atoms with Crippen molar-refractivity contribution in [3.8, 4) is 0 Å². The van der Waals surface area contributed by atoms with Crippen LogP contribution in [0.2, 0.25) is 0 Å². The number of hydrogen-bond donors (Lipinski definition) is 3. The predicted octanol–water partition coefficient (Wildman–Crippen LogP) is 2.02. The van der Waals surface area contributed by atoms with Gasteiger partial charge < -0.3 is 10.4 Å². The van der Waals surface area contributed by atoms with E-state index < -0.39 is 16.0 Å². The number of anilines is 2. The van der Waals surface area contributed by atoms with Gasteiger partial charge in [0.2, 0.25) is 0 Å². The molecule has 1 fully saturated rings. The SMILES string of the molecule is Cc1ccc(S(=O)(=O)Nc2ccc(N3CCNC3=O)cc2)cc1C(=O)O. The first-order valence-corrected chi connectivity index (χ1v) is 9.28. The van der Waals surface area contributed by atoms with Crippen LogP contribution >= 0.6 is 0 Å². The van der Waals surface area contributed by atoms with Crippen LogP contribution < -0.4 is 14.9 Å². The number of nitrogens with zero attached hydrogens (tertiary/aromatic N) is 1. The third kappa shape index (κ3) is 3.47. The summed E-state index contributed by atoms with van der Waals surface area (Å²) in [6.07, 6.45) is 0. The molecule has 3 N–H and O–H groups in total. The zero-order chi connectivity index (χ0) is 18.9. The highest BCUT2D eigenvalue weighted by atomic mass is 32.2. The average molecular weight is 375 g/mol. The molecule has 1 saturated heterocycles. The molecule has 0 radical (unpaired) electrons. The Hall–Kier alpha value is -3.07. The summed E-state index contributed by atoms with van der Waals surface area (Å²) in [5.74, 6) is -1.19. The number of rotatable bonds is 5. The maximum absolute atomic E-state index is 12.5. The molecule has 2 aromatic rings. The van der Waals surface area contributed by atoms with Gasteiger partial charge in [0.15, 0.2) is 0 Å². The van der Waals surface area contributed by atoms with Gasteiger partial charge in [0.25, 0.3) is 10.0 Å². The van der Waals surface area contributed by atoms with E-state index in [1.807, 2.05) is 0 Å². The lowest BCUT2D eigenvalue weighted by Gasteiger charge is -2.15. The molecule has 0 aliphatic carbocycles. The molecule has 8 nitrogen and oxygen atoms in total. The van der Waals surface area contributed by atoms with Gasteiger partial charge in [0.1, 0.15) is 0 Å². The van der Waals surface area contributed by atoms with E-state index in [1.54, 1.807) is 36.1 Å². The molecule has 0 spiro atoms. The van der Waals surface area contributed by atoms with Crippen LogP contribution in [0.25, 0.3) is 0 Å². The van der Waals surface area contributed by atoms with Crippen LogP contribution in [0.3, 0.4) is 0 Å². The summed E-state index contributed by atoms with van der Waals surface area (Å²) in [6, 6.07) is 10.1. The Balaban J connectivity index is 1.82. The molecule has 0 bridgehead atoms. The van der Waals surface area contributed by atoms with Gasteiger partial charge in [0, 0.05) is 24.5 Å². The first-order valence-electron chi connectivity index (χ1n) is 7.80. The number of carboxylic acid groups (broad SMARTS) is 1. The first-order chi connectivity index (χ1) is 12.3. The molecule has 0 saturated carbocycles. The van der Waals surface area contributed by atoms with Gasteiger partial charge in [-0.05, 0) is 48.9 Å². The summed E-state index contributed by atoms with van der Waals surface area (Å²) in [6.45, 7) is 2.71. The molecule has 2 amide bonds. The molecular weight excluding hydrogens is 358 g/mol. The summed E-state index contributed by atoms with van der Waals surface area (Å²) in [5, 5.41) is 11.8. The van der Waals surface area contributed by atoms with E-state index in [1.165, 1.54) is 12.1 Å². The van der Waals surface area contributed by atoms with E-state index in [9.17, 15) is 18.0 Å². The fraction of sp³-hybridized carbons (Fsp3) is 0.176. The molecule has 3 rings (SSSR count). The molecule has 1 aliphatic rings. The van der Waals surface area contributed by atoms with Crippen LogP contribution in [0, 0.1) is 6.92 Å². The highest BCUT2D eigenvalue weighted by Crippen LogP contribution is 2.23. The standard InChI is InChI=1S/C17H17N3O5S/c1-11-2-7-14(10-15(11)16(21)22)26(24,25)19-12-3-5-13(6-4-12)20-9-8-18-17(20)23/h2-7,10,19H,8-9H2,1H3,(H,18,23)(H,21,22). The minimum atomic E-state index is -3.93. The van der Waals surface area contributed by atoms with Gasteiger partial charge in [-0.25, -0.2) is 18.0 Å². The molecule has 136 valence electrons. The molecule has 1 aliphatic heterocycles. The van der Waals surface area contributed by atoms with Crippen molar-refractivity contribution in [2.24, 2.45) is 0 Å². The van der Waals surface area contributed by atoms with Gasteiger partial charge in [-0.2, -0.15) is 0 Å².